The number of H-pyrrole nitrogens is 1. The number of aromatic amines is 1. The van der Waals surface area contributed by atoms with Crippen molar-refractivity contribution in [1.29, 1.82) is 0 Å². The summed E-state index contributed by atoms with van der Waals surface area (Å²) in [6.45, 7) is 2.57. The van der Waals surface area contributed by atoms with Gasteiger partial charge in [0.15, 0.2) is 0 Å². The van der Waals surface area contributed by atoms with Crippen LogP contribution in [-0.2, 0) is 17.8 Å². The second kappa shape index (κ2) is 6.24. The summed E-state index contributed by atoms with van der Waals surface area (Å²) in [6.07, 6.45) is 0.364. The van der Waals surface area contributed by atoms with E-state index in [9.17, 15) is 4.79 Å². The molecule has 0 saturated carbocycles. The van der Waals surface area contributed by atoms with Crippen LogP contribution in [0.5, 0.6) is 0 Å². The zero-order valence-corrected chi connectivity index (χ0v) is 13.1. The Morgan fingerprint density at radius 3 is 2.59 bits per heavy atom. The van der Waals surface area contributed by atoms with E-state index in [2.05, 4.69) is 22.4 Å². The first-order chi connectivity index (χ1) is 10.6. The minimum Gasteiger partial charge on any atom is -0.359 e. The lowest BCUT2D eigenvalue weighted by Crippen LogP contribution is -2.24. The fourth-order valence-electron chi connectivity index (χ4n) is 2.49. The van der Waals surface area contributed by atoms with Gasteiger partial charge in [-0.2, -0.15) is 0 Å². The first kappa shape index (κ1) is 14.7. The Labute approximate surface area is 134 Å². The molecule has 22 heavy (non-hydrogen) atoms. The summed E-state index contributed by atoms with van der Waals surface area (Å²) >= 11 is 5.84. The molecule has 0 saturated heterocycles. The number of hydrogen-bond donors (Lipinski definition) is 2. The molecule has 0 fully saturated rings. The maximum Gasteiger partial charge on any atom is 0.224 e. The van der Waals surface area contributed by atoms with Crippen molar-refractivity contribution in [3.05, 3.63) is 70.4 Å². The Hall–Kier alpha value is -2.26. The van der Waals surface area contributed by atoms with Crippen molar-refractivity contribution in [3.8, 4) is 0 Å². The van der Waals surface area contributed by atoms with E-state index >= 15 is 0 Å². The molecule has 0 spiro atoms. The van der Waals surface area contributed by atoms with Crippen molar-refractivity contribution in [2.45, 2.75) is 19.9 Å². The van der Waals surface area contributed by atoms with Crippen LogP contribution < -0.4 is 5.32 Å². The molecule has 1 heterocycles. The highest BCUT2D eigenvalue weighted by molar-refractivity contribution is 6.30. The van der Waals surface area contributed by atoms with E-state index in [0.717, 1.165) is 22.3 Å². The Bertz CT molecular complexity index is 806. The van der Waals surface area contributed by atoms with Gasteiger partial charge in [0.1, 0.15) is 0 Å². The summed E-state index contributed by atoms with van der Waals surface area (Å²) in [5.41, 5.74) is 4.31. The largest absolute Gasteiger partial charge is 0.359 e. The van der Waals surface area contributed by atoms with Crippen LogP contribution in [0.3, 0.4) is 0 Å². The van der Waals surface area contributed by atoms with E-state index in [-0.39, 0.29) is 5.91 Å². The molecule has 2 aromatic carbocycles. The maximum atomic E-state index is 12.0. The average Bonchev–Trinajstić information content (AvgIpc) is 2.87. The van der Waals surface area contributed by atoms with Gasteiger partial charge in [-0.3, -0.25) is 4.79 Å². The molecule has 0 bridgehead atoms. The van der Waals surface area contributed by atoms with E-state index in [1.54, 1.807) is 12.1 Å². The number of aryl methyl sites for hydroxylation is 1. The number of nitrogens with one attached hydrogen (secondary N) is 2. The summed E-state index contributed by atoms with van der Waals surface area (Å²) < 4.78 is 0. The molecular weight excluding hydrogens is 296 g/mol. The zero-order chi connectivity index (χ0) is 15.5. The molecule has 112 valence electrons. The topological polar surface area (TPSA) is 44.9 Å². The standard InChI is InChI=1S/C18H17ClN2O/c1-12-8-15-9-14(4-7-17(15)21-12)11-20-18(22)10-13-2-5-16(19)6-3-13/h2-9,21H,10-11H2,1H3,(H,20,22). The van der Waals surface area contributed by atoms with E-state index in [0.29, 0.717) is 18.0 Å². The van der Waals surface area contributed by atoms with Crippen molar-refractivity contribution >= 4 is 28.4 Å². The fraction of sp³-hybridized carbons (Fsp3) is 0.167. The lowest BCUT2D eigenvalue weighted by atomic mass is 10.1. The Morgan fingerprint density at radius 2 is 1.82 bits per heavy atom. The van der Waals surface area contributed by atoms with Gasteiger partial charge in [-0.1, -0.05) is 29.8 Å². The van der Waals surface area contributed by atoms with Gasteiger partial charge >= 0.3 is 0 Å². The van der Waals surface area contributed by atoms with Crippen LogP contribution in [0, 0.1) is 6.92 Å². The van der Waals surface area contributed by atoms with Gasteiger partial charge in [0, 0.05) is 22.8 Å². The third-order valence-electron chi connectivity index (χ3n) is 3.59. The zero-order valence-electron chi connectivity index (χ0n) is 12.3. The van der Waals surface area contributed by atoms with E-state index in [1.165, 1.54) is 5.39 Å². The average molecular weight is 313 g/mol. The van der Waals surface area contributed by atoms with Crippen LogP contribution in [0.25, 0.3) is 10.9 Å². The number of fused-ring (bicyclic) bond motifs is 1. The number of rotatable bonds is 4. The number of hydrogen-bond acceptors (Lipinski definition) is 1. The summed E-state index contributed by atoms with van der Waals surface area (Å²) in [7, 11) is 0. The molecule has 0 radical (unpaired) electrons. The summed E-state index contributed by atoms with van der Waals surface area (Å²) in [5.74, 6) is 0.00710. The maximum absolute atomic E-state index is 12.0. The van der Waals surface area contributed by atoms with Gasteiger partial charge in [-0.05, 0) is 53.8 Å². The third kappa shape index (κ3) is 3.49. The second-order valence-electron chi connectivity index (χ2n) is 5.45. The summed E-state index contributed by atoms with van der Waals surface area (Å²) in [6, 6.07) is 15.6. The summed E-state index contributed by atoms with van der Waals surface area (Å²) in [5, 5.41) is 4.80. The molecule has 0 aliphatic rings. The molecule has 0 aliphatic heterocycles. The van der Waals surface area contributed by atoms with Crippen LogP contribution in [-0.4, -0.2) is 10.9 Å². The molecule has 2 N–H and O–H groups in total. The molecule has 1 aromatic heterocycles. The minimum atomic E-state index is 0.00710. The predicted octanol–water partition coefficient (Wildman–Crippen LogP) is 3.99. The highest BCUT2D eigenvalue weighted by atomic mass is 35.5. The Kier molecular flexibility index (Phi) is 4.16. The molecule has 4 heteroatoms. The number of benzene rings is 2. The number of amides is 1. The van der Waals surface area contributed by atoms with Crippen molar-refractivity contribution in [2.75, 3.05) is 0 Å². The minimum absolute atomic E-state index is 0.00710. The molecule has 3 nitrogen and oxygen atoms in total. The first-order valence-electron chi connectivity index (χ1n) is 7.19. The highest BCUT2D eigenvalue weighted by Gasteiger charge is 2.04. The van der Waals surface area contributed by atoms with Gasteiger partial charge in [0.05, 0.1) is 6.42 Å². The highest BCUT2D eigenvalue weighted by Crippen LogP contribution is 2.17. The number of halogens is 1. The molecule has 0 aliphatic carbocycles. The van der Waals surface area contributed by atoms with Gasteiger partial charge in [0.2, 0.25) is 5.91 Å². The second-order valence-corrected chi connectivity index (χ2v) is 5.89. The Balaban J connectivity index is 1.60. The van der Waals surface area contributed by atoms with Gasteiger partial charge in [-0.15, -0.1) is 0 Å². The van der Waals surface area contributed by atoms with Crippen LogP contribution in [0.15, 0.2) is 48.5 Å². The number of aromatic nitrogens is 1. The van der Waals surface area contributed by atoms with Crippen molar-refractivity contribution < 1.29 is 4.79 Å². The van der Waals surface area contributed by atoms with E-state index in [4.69, 9.17) is 11.6 Å². The lowest BCUT2D eigenvalue weighted by Gasteiger charge is -2.06. The van der Waals surface area contributed by atoms with E-state index < -0.39 is 0 Å². The van der Waals surface area contributed by atoms with Crippen LogP contribution in [0.2, 0.25) is 5.02 Å². The Morgan fingerprint density at radius 1 is 1.09 bits per heavy atom. The van der Waals surface area contributed by atoms with Crippen LogP contribution in [0.4, 0.5) is 0 Å². The normalized spacial score (nSPS) is 10.8. The smallest absolute Gasteiger partial charge is 0.224 e. The van der Waals surface area contributed by atoms with Gasteiger partial charge < -0.3 is 10.3 Å². The molecule has 3 aromatic rings. The molecule has 0 unspecified atom stereocenters. The van der Waals surface area contributed by atoms with Crippen LogP contribution in [0.1, 0.15) is 16.8 Å². The number of carbonyl (C=O) groups is 1. The SMILES string of the molecule is Cc1cc2cc(CNC(=O)Cc3ccc(Cl)cc3)ccc2[nH]1. The van der Waals surface area contributed by atoms with Gasteiger partial charge in [0.25, 0.3) is 0 Å². The fourth-order valence-corrected chi connectivity index (χ4v) is 2.61. The van der Waals surface area contributed by atoms with Crippen molar-refractivity contribution in [3.63, 3.8) is 0 Å². The van der Waals surface area contributed by atoms with E-state index in [1.807, 2.05) is 31.2 Å². The molecule has 3 rings (SSSR count). The predicted molar refractivity (Wildman–Crippen MR) is 90.0 cm³/mol. The molecule has 1 amide bonds. The van der Waals surface area contributed by atoms with Crippen LogP contribution >= 0.6 is 11.6 Å². The summed E-state index contributed by atoms with van der Waals surface area (Å²) in [4.78, 5) is 15.3. The molecular formula is C18H17ClN2O. The third-order valence-corrected chi connectivity index (χ3v) is 3.84. The van der Waals surface area contributed by atoms with Crippen molar-refractivity contribution in [1.82, 2.24) is 10.3 Å². The lowest BCUT2D eigenvalue weighted by molar-refractivity contribution is -0.120. The molecule has 0 atom stereocenters. The van der Waals surface area contributed by atoms with Crippen molar-refractivity contribution in [2.24, 2.45) is 0 Å². The number of carbonyl (C=O) groups excluding carboxylic acids is 1. The monoisotopic (exact) mass is 312 g/mol. The first-order valence-corrected chi connectivity index (χ1v) is 7.57. The quantitative estimate of drug-likeness (QED) is 0.751. The van der Waals surface area contributed by atoms with Gasteiger partial charge in [-0.25, -0.2) is 0 Å².